The Labute approximate surface area is 267 Å². The van der Waals surface area contributed by atoms with E-state index >= 15 is 0 Å². The molecule has 12 heteroatoms. The number of nitrogens with zero attached hydrogens (tertiary/aromatic N) is 5. The molecule has 250 valence electrons. The molecule has 12 nitrogen and oxygen atoms in total. The molecule has 0 unspecified atom stereocenters. The van der Waals surface area contributed by atoms with Crippen LogP contribution in [0.3, 0.4) is 0 Å². The first-order valence-electron chi connectivity index (χ1n) is 16.7. The Bertz CT molecular complexity index is 1230. The third kappa shape index (κ3) is 8.24. The van der Waals surface area contributed by atoms with E-state index < -0.39 is 23.7 Å². The summed E-state index contributed by atoms with van der Waals surface area (Å²) in [6.45, 7) is 14.1. The Morgan fingerprint density at radius 3 is 2.51 bits per heavy atom. The van der Waals surface area contributed by atoms with Gasteiger partial charge < -0.3 is 34.2 Å². The van der Waals surface area contributed by atoms with Gasteiger partial charge in [-0.1, -0.05) is 13.8 Å². The first kappa shape index (κ1) is 33.4. The summed E-state index contributed by atoms with van der Waals surface area (Å²) in [7, 11) is 1.72. The third-order valence-corrected chi connectivity index (χ3v) is 9.09. The Morgan fingerprint density at radius 1 is 1.16 bits per heavy atom. The average molecular weight is 629 g/mol. The molecule has 3 heterocycles. The van der Waals surface area contributed by atoms with Gasteiger partial charge in [0.25, 0.3) is 5.91 Å². The van der Waals surface area contributed by atoms with Crippen LogP contribution >= 0.6 is 0 Å². The number of ether oxygens (including phenoxy) is 3. The topological polar surface area (TPSA) is 126 Å². The van der Waals surface area contributed by atoms with E-state index in [1.807, 2.05) is 37.5 Å². The number of morpholine rings is 1. The van der Waals surface area contributed by atoms with E-state index in [2.05, 4.69) is 24.1 Å². The Balaban J connectivity index is 1.44. The van der Waals surface area contributed by atoms with Gasteiger partial charge in [-0.05, 0) is 65.7 Å². The third-order valence-electron chi connectivity index (χ3n) is 9.09. The lowest BCUT2D eigenvalue weighted by molar-refractivity contribution is -0.146. The maximum atomic E-state index is 14.6. The maximum Gasteiger partial charge on any atom is 0.410 e. The van der Waals surface area contributed by atoms with Gasteiger partial charge in [-0.15, -0.1) is 0 Å². The lowest BCUT2D eigenvalue weighted by Crippen LogP contribution is -2.59. The quantitative estimate of drug-likeness (QED) is 0.433. The van der Waals surface area contributed by atoms with Crippen LogP contribution in [-0.4, -0.2) is 119 Å². The standard InChI is InChI=1S/C33H52N6O6/c1-20(2)16-39(31(41)27-15-34-28(22-8-9-22)36-29(27)35-24-13-26(14-24)43-7)25-12-23(30(40)38-10-11-44-19-21(38)3)17-37(18-25)32(42)45-33(4,5)6/h15,20-26H,8-14,16-19H2,1-7H3,(H,34,35,36)/t21-,23+,24?,25-,26?/m0/s1. The lowest BCUT2D eigenvalue weighted by atomic mass is 9.89. The summed E-state index contributed by atoms with van der Waals surface area (Å²) in [6.07, 6.45) is 5.64. The van der Waals surface area contributed by atoms with Crippen LogP contribution in [0.2, 0.25) is 0 Å². The highest BCUT2D eigenvalue weighted by atomic mass is 16.6. The molecule has 4 aliphatic rings. The maximum absolute atomic E-state index is 14.6. The van der Waals surface area contributed by atoms with Crippen LogP contribution in [0.25, 0.3) is 0 Å². The van der Waals surface area contributed by atoms with E-state index in [0.29, 0.717) is 50.0 Å². The fourth-order valence-corrected chi connectivity index (χ4v) is 6.46. The second-order valence-corrected chi connectivity index (χ2v) is 14.7. The zero-order chi connectivity index (χ0) is 32.5. The average Bonchev–Trinajstić information content (AvgIpc) is 3.81. The summed E-state index contributed by atoms with van der Waals surface area (Å²) in [5.41, 5.74) is -0.278. The molecule has 0 bridgehead atoms. The second-order valence-electron chi connectivity index (χ2n) is 14.7. The van der Waals surface area contributed by atoms with Gasteiger partial charge in [0.2, 0.25) is 5.91 Å². The van der Waals surface area contributed by atoms with Gasteiger partial charge in [0, 0.05) is 51.4 Å². The normalized spacial score (nSPS) is 27.2. The van der Waals surface area contributed by atoms with Crippen LogP contribution in [0.5, 0.6) is 0 Å². The van der Waals surface area contributed by atoms with Gasteiger partial charge in [0.1, 0.15) is 22.8 Å². The largest absolute Gasteiger partial charge is 0.444 e. The molecule has 1 aromatic rings. The summed E-state index contributed by atoms with van der Waals surface area (Å²) >= 11 is 0. The van der Waals surface area contributed by atoms with Gasteiger partial charge in [-0.3, -0.25) is 9.59 Å². The molecule has 2 saturated carbocycles. The number of aromatic nitrogens is 2. The number of likely N-dealkylation sites (tertiary alicyclic amines) is 1. The molecule has 0 aromatic carbocycles. The zero-order valence-electron chi connectivity index (χ0n) is 28.1. The number of nitrogens with one attached hydrogen (secondary N) is 1. The first-order valence-corrected chi connectivity index (χ1v) is 16.7. The van der Waals surface area contributed by atoms with Gasteiger partial charge in [-0.2, -0.15) is 0 Å². The molecule has 2 saturated heterocycles. The molecule has 3 amide bonds. The number of carbonyl (C=O) groups is 3. The predicted molar refractivity (Wildman–Crippen MR) is 169 cm³/mol. The molecule has 4 fully saturated rings. The number of methoxy groups -OCH3 is 1. The number of rotatable bonds is 9. The van der Waals surface area contributed by atoms with E-state index in [1.165, 1.54) is 0 Å². The van der Waals surface area contributed by atoms with Crippen molar-refractivity contribution in [2.75, 3.05) is 51.8 Å². The van der Waals surface area contributed by atoms with Crippen LogP contribution in [0.4, 0.5) is 10.6 Å². The number of hydrogen-bond donors (Lipinski definition) is 1. The Hall–Kier alpha value is -2.99. The number of amides is 3. The first-order chi connectivity index (χ1) is 21.3. The fourth-order valence-electron chi connectivity index (χ4n) is 6.46. The smallest absolute Gasteiger partial charge is 0.410 e. The van der Waals surface area contributed by atoms with Crippen molar-refractivity contribution in [2.24, 2.45) is 11.8 Å². The number of anilines is 1. The van der Waals surface area contributed by atoms with Crippen molar-refractivity contribution in [3.8, 4) is 0 Å². The van der Waals surface area contributed by atoms with Crippen molar-refractivity contribution in [3.05, 3.63) is 17.6 Å². The fraction of sp³-hybridized carbons (Fsp3) is 0.788. The minimum Gasteiger partial charge on any atom is -0.444 e. The molecule has 1 N–H and O–H groups in total. The van der Waals surface area contributed by atoms with Crippen LogP contribution < -0.4 is 5.32 Å². The van der Waals surface area contributed by atoms with Crippen LogP contribution in [-0.2, 0) is 19.0 Å². The summed E-state index contributed by atoms with van der Waals surface area (Å²) in [5.74, 6) is 1.12. The van der Waals surface area contributed by atoms with Crippen molar-refractivity contribution < 1.29 is 28.6 Å². The highest BCUT2D eigenvalue weighted by Crippen LogP contribution is 2.39. The molecule has 2 aliphatic carbocycles. The van der Waals surface area contributed by atoms with E-state index in [0.717, 1.165) is 31.5 Å². The summed E-state index contributed by atoms with van der Waals surface area (Å²) in [6, 6.07) is -0.296. The Kier molecular flexibility index (Phi) is 10.2. The molecule has 0 spiro atoms. The molecule has 3 atom stereocenters. The highest BCUT2D eigenvalue weighted by Gasteiger charge is 2.43. The van der Waals surface area contributed by atoms with Crippen LogP contribution in [0, 0.1) is 11.8 Å². The Morgan fingerprint density at radius 2 is 1.89 bits per heavy atom. The summed E-state index contributed by atoms with van der Waals surface area (Å²) in [5, 5.41) is 3.52. The molecular formula is C33H52N6O6. The SMILES string of the molecule is COC1CC(Nc2nc(C3CC3)ncc2C(=O)N(CC(C)C)[C@H]2C[C@@H](C(=O)N3CCOC[C@@H]3C)CN(C(=O)OC(C)(C)C)C2)C1. The van der Waals surface area contributed by atoms with Gasteiger partial charge in [0.05, 0.1) is 37.3 Å². The molecule has 2 aliphatic heterocycles. The lowest BCUT2D eigenvalue weighted by Gasteiger charge is -2.45. The van der Waals surface area contributed by atoms with Crippen molar-refractivity contribution in [2.45, 2.75) is 109 Å². The molecule has 45 heavy (non-hydrogen) atoms. The van der Waals surface area contributed by atoms with E-state index in [4.69, 9.17) is 19.2 Å². The van der Waals surface area contributed by atoms with Gasteiger partial charge in [-0.25, -0.2) is 14.8 Å². The summed E-state index contributed by atoms with van der Waals surface area (Å²) in [4.78, 5) is 56.8. The number of piperidine rings is 1. The van der Waals surface area contributed by atoms with Gasteiger partial charge in [0.15, 0.2) is 0 Å². The highest BCUT2D eigenvalue weighted by molar-refractivity contribution is 5.99. The molecule has 0 radical (unpaired) electrons. The van der Waals surface area contributed by atoms with Crippen molar-refractivity contribution in [1.29, 1.82) is 0 Å². The number of hydrogen-bond acceptors (Lipinski definition) is 9. The van der Waals surface area contributed by atoms with Crippen molar-refractivity contribution in [3.63, 3.8) is 0 Å². The van der Waals surface area contributed by atoms with Gasteiger partial charge >= 0.3 is 6.09 Å². The minimum absolute atomic E-state index is 0.0156. The number of carbonyl (C=O) groups excluding carboxylic acids is 3. The van der Waals surface area contributed by atoms with Crippen molar-refractivity contribution in [1.82, 2.24) is 24.7 Å². The van der Waals surface area contributed by atoms with E-state index in [-0.39, 0.29) is 49.0 Å². The second kappa shape index (κ2) is 13.8. The molecular weight excluding hydrogens is 576 g/mol. The molecule has 5 rings (SSSR count). The van der Waals surface area contributed by atoms with E-state index in [1.54, 1.807) is 18.2 Å². The monoisotopic (exact) mass is 628 g/mol. The predicted octanol–water partition coefficient (Wildman–Crippen LogP) is 3.91. The van der Waals surface area contributed by atoms with Crippen molar-refractivity contribution >= 4 is 23.7 Å². The zero-order valence-corrected chi connectivity index (χ0v) is 28.1. The molecule has 1 aromatic heterocycles. The minimum atomic E-state index is -0.694. The summed E-state index contributed by atoms with van der Waals surface area (Å²) < 4.78 is 16.8. The van der Waals surface area contributed by atoms with Crippen LogP contribution in [0.1, 0.15) is 95.7 Å². The van der Waals surface area contributed by atoms with E-state index in [9.17, 15) is 14.4 Å². The van der Waals surface area contributed by atoms with Crippen LogP contribution in [0.15, 0.2) is 6.20 Å².